The number of nitrogens with zero attached hydrogens (tertiary/aromatic N) is 4. The number of halogens is 1. The van der Waals surface area contributed by atoms with Crippen molar-refractivity contribution in [3.05, 3.63) is 47.8 Å². The van der Waals surface area contributed by atoms with Gasteiger partial charge < -0.3 is 15.5 Å². The predicted octanol–water partition coefficient (Wildman–Crippen LogP) is 1.72. The minimum Gasteiger partial charge on any atom is -0.342 e. The number of rotatable bonds is 6. The summed E-state index contributed by atoms with van der Waals surface area (Å²) < 4.78 is 1.80. The van der Waals surface area contributed by atoms with Crippen molar-refractivity contribution in [2.75, 3.05) is 26.2 Å². The van der Waals surface area contributed by atoms with Crippen LogP contribution in [0.4, 0.5) is 0 Å². The van der Waals surface area contributed by atoms with E-state index >= 15 is 0 Å². The highest BCUT2D eigenvalue weighted by atomic mass is 35.5. The van der Waals surface area contributed by atoms with Gasteiger partial charge in [0, 0.05) is 19.5 Å². The molecule has 156 valence electrons. The number of hydrogen-bond donors (Lipinski definition) is 2. The summed E-state index contributed by atoms with van der Waals surface area (Å²) in [7, 11) is 0. The van der Waals surface area contributed by atoms with Gasteiger partial charge in [0.15, 0.2) is 5.69 Å². The lowest BCUT2D eigenvalue weighted by Gasteiger charge is -2.25. The van der Waals surface area contributed by atoms with E-state index in [2.05, 4.69) is 20.9 Å². The fraction of sp³-hybridized carbons (Fsp3) is 0.500. The van der Waals surface area contributed by atoms with Crippen LogP contribution in [0, 0.1) is 0 Å². The van der Waals surface area contributed by atoms with Gasteiger partial charge in [-0.25, -0.2) is 4.68 Å². The van der Waals surface area contributed by atoms with Gasteiger partial charge in [-0.3, -0.25) is 9.59 Å². The number of nitrogens with one attached hydrogen (secondary N) is 2. The second kappa shape index (κ2) is 9.84. The summed E-state index contributed by atoms with van der Waals surface area (Å²) in [6.45, 7) is 3.11. The van der Waals surface area contributed by atoms with E-state index < -0.39 is 0 Å². The molecule has 8 nitrogen and oxygen atoms in total. The Labute approximate surface area is 176 Å². The van der Waals surface area contributed by atoms with Gasteiger partial charge in [-0.05, 0) is 37.9 Å². The summed E-state index contributed by atoms with van der Waals surface area (Å²) in [4.78, 5) is 26.7. The number of amides is 2. The molecule has 0 radical (unpaired) electrons. The first-order chi connectivity index (χ1) is 13.7. The summed E-state index contributed by atoms with van der Waals surface area (Å²) in [5.74, 6) is -0.118. The predicted molar refractivity (Wildman–Crippen MR) is 111 cm³/mol. The molecule has 2 amide bonds. The van der Waals surface area contributed by atoms with Crippen molar-refractivity contribution in [1.82, 2.24) is 30.5 Å². The van der Waals surface area contributed by atoms with Crippen LogP contribution in [0.5, 0.6) is 0 Å². The van der Waals surface area contributed by atoms with Crippen LogP contribution in [0.15, 0.2) is 36.5 Å². The molecule has 3 heterocycles. The Morgan fingerprint density at radius 1 is 1.24 bits per heavy atom. The van der Waals surface area contributed by atoms with Crippen molar-refractivity contribution in [1.29, 1.82) is 0 Å². The summed E-state index contributed by atoms with van der Waals surface area (Å²) in [6.07, 6.45) is 5.15. The minimum atomic E-state index is -0.278. The van der Waals surface area contributed by atoms with E-state index in [0.29, 0.717) is 18.7 Å². The van der Waals surface area contributed by atoms with Gasteiger partial charge in [0.05, 0.1) is 18.3 Å². The molecule has 4 rings (SSSR count). The molecule has 29 heavy (non-hydrogen) atoms. The van der Waals surface area contributed by atoms with E-state index in [-0.39, 0.29) is 36.3 Å². The molecule has 1 aromatic heterocycles. The van der Waals surface area contributed by atoms with Gasteiger partial charge in [-0.2, -0.15) is 0 Å². The first kappa shape index (κ1) is 21.3. The van der Waals surface area contributed by atoms with Crippen LogP contribution in [0.2, 0.25) is 0 Å². The molecule has 2 N–H and O–H groups in total. The maximum absolute atomic E-state index is 12.8. The number of likely N-dealkylation sites (tertiary alicyclic amines) is 1. The fourth-order valence-electron chi connectivity index (χ4n) is 3.90. The average Bonchev–Trinajstić information content (AvgIpc) is 3.38. The van der Waals surface area contributed by atoms with Crippen LogP contribution in [0.3, 0.4) is 0 Å². The highest BCUT2D eigenvalue weighted by Gasteiger charge is 2.26. The number of carbonyl (C=O) groups excluding carboxylic acids is 2. The van der Waals surface area contributed by atoms with E-state index in [1.165, 1.54) is 0 Å². The quantitative estimate of drug-likeness (QED) is 0.745. The Hall–Kier alpha value is -2.45. The summed E-state index contributed by atoms with van der Waals surface area (Å²) >= 11 is 0. The summed E-state index contributed by atoms with van der Waals surface area (Å²) in [6, 6.07) is 9.76. The molecule has 0 saturated carbocycles. The molecule has 0 spiro atoms. The Morgan fingerprint density at radius 3 is 2.69 bits per heavy atom. The van der Waals surface area contributed by atoms with Crippen LogP contribution in [-0.2, 0) is 4.79 Å². The maximum Gasteiger partial charge on any atom is 0.274 e. The van der Waals surface area contributed by atoms with Gasteiger partial charge in [0.1, 0.15) is 0 Å². The molecule has 0 aliphatic carbocycles. The Balaban J connectivity index is 0.00000240. The van der Waals surface area contributed by atoms with Gasteiger partial charge in [0.2, 0.25) is 5.91 Å². The van der Waals surface area contributed by atoms with Crippen LogP contribution in [0.25, 0.3) is 0 Å². The van der Waals surface area contributed by atoms with Gasteiger partial charge in [-0.15, -0.1) is 17.5 Å². The first-order valence-corrected chi connectivity index (χ1v) is 9.97. The zero-order chi connectivity index (χ0) is 19.3. The van der Waals surface area contributed by atoms with E-state index in [4.69, 9.17) is 0 Å². The molecule has 0 bridgehead atoms. The van der Waals surface area contributed by atoms with E-state index in [9.17, 15) is 9.59 Å². The van der Waals surface area contributed by atoms with E-state index in [0.717, 1.165) is 44.5 Å². The van der Waals surface area contributed by atoms with Crippen molar-refractivity contribution >= 4 is 24.2 Å². The molecule has 1 atom stereocenters. The number of piperidine rings is 1. The third-order valence-corrected chi connectivity index (χ3v) is 5.51. The number of aromatic nitrogens is 3. The largest absolute Gasteiger partial charge is 0.342 e. The van der Waals surface area contributed by atoms with E-state index in [1.54, 1.807) is 10.9 Å². The first-order valence-electron chi connectivity index (χ1n) is 9.97. The van der Waals surface area contributed by atoms with Crippen molar-refractivity contribution in [3.8, 4) is 0 Å². The number of carbonyl (C=O) groups is 2. The number of benzene rings is 1. The number of hydrogen-bond acceptors (Lipinski definition) is 5. The molecule has 2 saturated heterocycles. The second-order valence-corrected chi connectivity index (χ2v) is 7.45. The lowest BCUT2D eigenvalue weighted by molar-refractivity contribution is -0.128. The molecular formula is C20H27ClN6O2. The zero-order valence-corrected chi connectivity index (χ0v) is 17.1. The van der Waals surface area contributed by atoms with Crippen molar-refractivity contribution in [2.45, 2.75) is 37.8 Å². The second-order valence-electron chi connectivity index (χ2n) is 7.45. The standard InChI is InChI=1S/C20H26N6O2.ClH/c27-19-7-4-12-25(19)13-17(15-5-2-1-3-6-15)22-20(28)18-14-26(24-23-18)16-8-10-21-11-9-16;/h1-3,5-6,14,16-17,21H,4,7-13H2,(H,22,28);1H. The van der Waals surface area contributed by atoms with E-state index in [1.807, 2.05) is 35.2 Å². The van der Waals surface area contributed by atoms with Gasteiger partial charge in [0.25, 0.3) is 5.91 Å². The van der Waals surface area contributed by atoms with Crippen LogP contribution >= 0.6 is 12.4 Å². The van der Waals surface area contributed by atoms with Crippen LogP contribution < -0.4 is 10.6 Å². The molecule has 1 unspecified atom stereocenters. The molecule has 2 aliphatic heterocycles. The summed E-state index contributed by atoms with van der Waals surface area (Å²) in [5.41, 5.74) is 1.29. The maximum atomic E-state index is 12.8. The molecule has 9 heteroatoms. The lowest BCUT2D eigenvalue weighted by Crippen LogP contribution is -2.38. The minimum absolute atomic E-state index is 0. The molecule has 2 aliphatic rings. The smallest absolute Gasteiger partial charge is 0.274 e. The Morgan fingerprint density at radius 2 is 2.00 bits per heavy atom. The highest BCUT2D eigenvalue weighted by molar-refractivity contribution is 5.92. The third kappa shape index (κ3) is 5.13. The normalized spacial score (nSPS) is 18.3. The van der Waals surface area contributed by atoms with Crippen molar-refractivity contribution < 1.29 is 9.59 Å². The molecule has 2 fully saturated rings. The molecular weight excluding hydrogens is 392 g/mol. The van der Waals surface area contributed by atoms with Crippen molar-refractivity contribution in [2.24, 2.45) is 0 Å². The zero-order valence-electron chi connectivity index (χ0n) is 16.3. The van der Waals surface area contributed by atoms with Gasteiger partial charge in [-0.1, -0.05) is 35.5 Å². The lowest BCUT2D eigenvalue weighted by atomic mass is 10.1. The Bertz CT molecular complexity index is 821. The van der Waals surface area contributed by atoms with Crippen LogP contribution in [-0.4, -0.2) is 57.9 Å². The van der Waals surface area contributed by atoms with Crippen LogP contribution in [0.1, 0.15) is 53.8 Å². The SMILES string of the molecule is Cl.O=C(NC(CN1CCCC1=O)c1ccccc1)c1cn(C2CCNCC2)nn1. The van der Waals surface area contributed by atoms with Gasteiger partial charge >= 0.3 is 0 Å². The topological polar surface area (TPSA) is 92.2 Å². The third-order valence-electron chi connectivity index (χ3n) is 5.51. The molecule has 2 aromatic rings. The fourth-order valence-corrected chi connectivity index (χ4v) is 3.90. The summed E-state index contributed by atoms with van der Waals surface area (Å²) in [5, 5.41) is 14.6. The molecule has 1 aromatic carbocycles. The average molecular weight is 419 g/mol. The Kier molecular flexibility index (Phi) is 7.22. The highest BCUT2D eigenvalue weighted by Crippen LogP contribution is 2.20. The van der Waals surface area contributed by atoms with Crippen molar-refractivity contribution in [3.63, 3.8) is 0 Å². The monoisotopic (exact) mass is 418 g/mol.